The highest BCUT2D eigenvalue weighted by atomic mass is 32.2. The fourth-order valence-corrected chi connectivity index (χ4v) is 5.88. The predicted octanol–water partition coefficient (Wildman–Crippen LogP) is 8.42. The first-order valence-electron chi connectivity index (χ1n) is 13.9. The molecular formula is C33H36N4O2S. The highest BCUT2D eigenvalue weighted by Gasteiger charge is 2.26. The number of benzene rings is 3. The van der Waals surface area contributed by atoms with Crippen LogP contribution < -0.4 is 4.74 Å². The molecule has 206 valence electrons. The SMILES string of the molecule is CCOc1ccc(-n2c(SC(C)C(=O)c3ccc(C(C)C)cc3C(C)C)nnc2-c2c[nH]c3ccccc23)cc1. The van der Waals surface area contributed by atoms with Gasteiger partial charge in [-0.3, -0.25) is 9.36 Å². The zero-order valence-electron chi connectivity index (χ0n) is 23.9. The van der Waals surface area contributed by atoms with Gasteiger partial charge >= 0.3 is 0 Å². The summed E-state index contributed by atoms with van der Waals surface area (Å²) in [4.78, 5) is 17.2. The number of ketones is 1. The lowest BCUT2D eigenvalue weighted by Crippen LogP contribution is -2.17. The third-order valence-corrected chi connectivity index (χ3v) is 8.19. The summed E-state index contributed by atoms with van der Waals surface area (Å²) in [5.74, 6) is 2.27. The van der Waals surface area contributed by atoms with E-state index in [0.717, 1.165) is 39.0 Å². The van der Waals surface area contributed by atoms with E-state index in [9.17, 15) is 4.79 Å². The summed E-state index contributed by atoms with van der Waals surface area (Å²) in [6.07, 6.45) is 1.97. The Kier molecular flexibility index (Phi) is 8.12. The fourth-order valence-electron chi connectivity index (χ4n) is 4.94. The Morgan fingerprint density at radius 3 is 2.40 bits per heavy atom. The van der Waals surface area contributed by atoms with Crippen molar-refractivity contribution in [2.75, 3.05) is 6.61 Å². The van der Waals surface area contributed by atoms with Gasteiger partial charge in [-0.2, -0.15) is 0 Å². The van der Waals surface area contributed by atoms with Gasteiger partial charge < -0.3 is 9.72 Å². The molecule has 3 aromatic carbocycles. The molecule has 2 heterocycles. The third kappa shape index (κ3) is 5.43. The lowest BCUT2D eigenvalue weighted by molar-refractivity contribution is 0.0992. The van der Waals surface area contributed by atoms with Gasteiger partial charge in [0, 0.05) is 33.9 Å². The molecule has 0 aliphatic carbocycles. The minimum absolute atomic E-state index is 0.0962. The van der Waals surface area contributed by atoms with Gasteiger partial charge in [-0.25, -0.2) is 0 Å². The number of Topliss-reactive ketones (excluding diaryl/α,β-unsaturated/α-hetero) is 1. The van der Waals surface area contributed by atoms with Gasteiger partial charge in [0.25, 0.3) is 0 Å². The van der Waals surface area contributed by atoms with Crippen molar-refractivity contribution in [3.05, 3.63) is 89.6 Å². The first kappa shape index (κ1) is 27.7. The predicted molar refractivity (Wildman–Crippen MR) is 164 cm³/mol. The van der Waals surface area contributed by atoms with Crippen molar-refractivity contribution in [2.45, 2.75) is 63.8 Å². The van der Waals surface area contributed by atoms with Gasteiger partial charge in [0.15, 0.2) is 16.8 Å². The van der Waals surface area contributed by atoms with Crippen molar-refractivity contribution in [1.29, 1.82) is 0 Å². The van der Waals surface area contributed by atoms with E-state index in [0.29, 0.717) is 23.5 Å². The molecule has 40 heavy (non-hydrogen) atoms. The molecule has 5 rings (SSSR count). The van der Waals surface area contributed by atoms with Crippen LogP contribution in [-0.4, -0.2) is 37.4 Å². The Bertz CT molecular complexity index is 1630. The maximum Gasteiger partial charge on any atom is 0.196 e. The van der Waals surface area contributed by atoms with Crippen LogP contribution in [0.15, 0.2) is 78.1 Å². The molecule has 5 aromatic rings. The molecule has 0 bridgehead atoms. The van der Waals surface area contributed by atoms with Crippen LogP contribution in [-0.2, 0) is 0 Å². The summed E-state index contributed by atoms with van der Waals surface area (Å²) in [6, 6.07) is 22.3. The maximum atomic E-state index is 13.8. The number of para-hydroxylation sites is 1. The number of thioether (sulfide) groups is 1. The fraction of sp³-hybridized carbons (Fsp3) is 0.303. The van der Waals surface area contributed by atoms with Crippen molar-refractivity contribution in [3.63, 3.8) is 0 Å². The van der Waals surface area contributed by atoms with Crippen molar-refractivity contribution >= 4 is 28.4 Å². The molecule has 1 N–H and O–H groups in total. The lowest BCUT2D eigenvalue weighted by Gasteiger charge is -2.18. The number of carbonyl (C=O) groups excluding carboxylic acids is 1. The summed E-state index contributed by atoms with van der Waals surface area (Å²) in [5, 5.41) is 10.6. The number of aromatic nitrogens is 4. The number of fused-ring (bicyclic) bond motifs is 1. The van der Waals surface area contributed by atoms with Gasteiger partial charge in [0.1, 0.15) is 5.75 Å². The molecule has 0 radical (unpaired) electrons. The van der Waals surface area contributed by atoms with E-state index in [-0.39, 0.29) is 17.0 Å². The second-order valence-electron chi connectivity index (χ2n) is 10.6. The number of nitrogens with zero attached hydrogens (tertiary/aromatic N) is 3. The average Bonchev–Trinajstić information content (AvgIpc) is 3.56. The van der Waals surface area contributed by atoms with Crippen molar-refractivity contribution in [3.8, 4) is 22.8 Å². The second-order valence-corrected chi connectivity index (χ2v) is 11.9. The maximum absolute atomic E-state index is 13.8. The topological polar surface area (TPSA) is 72.8 Å². The minimum atomic E-state index is -0.358. The van der Waals surface area contributed by atoms with Gasteiger partial charge in [-0.15, -0.1) is 10.2 Å². The summed E-state index contributed by atoms with van der Waals surface area (Å²) in [5.41, 5.74) is 6.01. The summed E-state index contributed by atoms with van der Waals surface area (Å²) < 4.78 is 7.70. The van der Waals surface area contributed by atoms with Crippen LogP contribution in [0.3, 0.4) is 0 Å². The number of H-pyrrole nitrogens is 1. The van der Waals surface area contributed by atoms with Crippen LogP contribution in [0.1, 0.15) is 74.9 Å². The zero-order valence-corrected chi connectivity index (χ0v) is 24.8. The molecule has 2 aromatic heterocycles. The van der Waals surface area contributed by atoms with E-state index >= 15 is 0 Å². The van der Waals surface area contributed by atoms with Crippen LogP contribution in [0.2, 0.25) is 0 Å². The number of carbonyl (C=O) groups is 1. The highest BCUT2D eigenvalue weighted by molar-refractivity contribution is 8.00. The summed E-state index contributed by atoms with van der Waals surface area (Å²) >= 11 is 1.44. The van der Waals surface area contributed by atoms with E-state index in [1.165, 1.54) is 17.3 Å². The van der Waals surface area contributed by atoms with Gasteiger partial charge in [0.05, 0.1) is 11.9 Å². The number of nitrogens with one attached hydrogen (secondary N) is 1. The van der Waals surface area contributed by atoms with E-state index in [4.69, 9.17) is 4.74 Å². The number of hydrogen-bond donors (Lipinski definition) is 1. The number of ether oxygens (including phenoxy) is 1. The Labute approximate surface area is 240 Å². The Balaban J connectivity index is 1.54. The van der Waals surface area contributed by atoms with Crippen molar-refractivity contribution in [2.24, 2.45) is 0 Å². The van der Waals surface area contributed by atoms with E-state index in [2.05, 4.69) is 61.1 Å². The molecule has 0 aliphatic rings. The monoisotopic (exact) mass is 552 g/mol. The third-order valence-electron chi connectivity index (χ3n) is 7.15. The molecule has 0 saturated carbocycles. The van der Waals surface area contributed by atoms with Crippen LogP contribution in [0.5, 0.6) is 5.75 Å². The van der Waals surface area contributed by atoms with Crippen LogP contribution >= 0.6 is 11.8 Å². The van der Waals surface area contributed by atoms with Crippen LogP contribution in [0.4, 0.5) is 0 Å². The molecule has 1 unspecified atom stereocenters. The van der Waals surface area contributed by atoms with Crippen molar-refractivity contribution in [1.82, 2.24) is 19.7 Å². The smallest absolute Gasteiger partial charge is 0.196 e. The average molecular weight is 553 g/mol. The van der Waals surface area contributed by atoms with E-state index in [1.54, 1.807) is 0 Å². The van der Waals surface area contributed by atoms with Crippen LogP contribution in [0, 0.1) is 0 Å². The van der Waals surface area contributed by atoms with Crippen LogP contribution in [0.25, 0.3) is 28.0 Å². The number of aromatic amines is 1. The molecular weight excluding hydrogens is 516 g/mol. The Morgan fingerprint density at radius 1 is 0.950 bits per heavy atom. The quantitative estimate of drug-likeness (QED) is 0.139. The van der Waals surface area contributed by atoms with Gasteiger partial charge in [-0.05, 0) is 67.1 Å². The Hall–Kier alpha value is -3.84. The van der Waals surface area contributed by atoms with E-state index in [1.807, 2.05) is 73.1 Å². The first-order chi connectivity index (χ1) is 19.3. The normalized spacial score (nSPS) is 12.4. The molecule has 0 aliphatic heterocycles. The minimum Gasteiger partial charge on any atom is -0.494 e. The molecule has 0 amide bonds. The molecule has 0 saturated heterocycles. The van der Waals surface area contributed by atoms with E-state index < -0.39 is 0 Å². The lowest BCUT2D eigenvalue weighted by atomic mass is 9.89. The Morgan fingerprint density at radius 2 is 1.70 bits per heavy atom. The summed E-state index contributed by atoms with van der Waals surface area (Å²) in [7, 11) is 0. The van der Waals surface area contributed by atoms with Crippen molar-refractivity contribution < 1.29 is 9.53 Å². The molecule has 0 fully saturated rings. The number of hydrogen-bond acceptors (Lipinski definition) is 5. The molecule has 7 heteroatoms. The first-order valence-corrected chi connectivity index (χ1v) is 14.8. The molecule has 6 nitrogen and oxygen atoms in total. The standard InChI is InChI=1S/C33H36N4O2S/c1-7-39-25-15-13-24(14-16-25)37-32(29-19-34-30-11-9-8-10-26(29)30)35-36-33(37)40-22(6)31(38)27-17-12-23(20(2)3)18-28(27)21(4)5/h8-22,34H,7H2,1-6H3. The molecule has 1 atom stereocenters. The van der Waals surface area contributed by atoms with Gasteiger partial charge in [0.2, 0.25) is 0 Å². The second kappa shape index (κ2) is 11.7. The molecule has 0 spiro atoms. The number of rotatable bonds is 10. The zero-order chi connectivity index (χ0) is 28.4. The largest absolute Gasteiger partial charge is 0.494 e. The highest BCUT2D eigenvalue weighted by Crippen LogP contribution is 2.35. The van der Waals surface area contributed by atoms with Gasteiger partial charge in [-0.1, -0.05) is 75.9 Å². The summed E-state index contributed by atoms with van der Waals surface area (Å²) in [6.45, 7) is 13.2.